The van der Waals surface area contributed by atoms with Crippen LogP contribution in [0.3, 0.4) is 0 Å². The molecule has 0 bridgehead atoms. The van der Waals surface area contributed by atoms with Crippen molar-refractivity contribution in [2.24, 2.45) is 11.5 Å². The predicted molar refractivity (Wildman–Crippen MR) is 33.5 cm³/mol. The molecular formula is C4H14FN3. The fraction of sp³-hybridized carbons (Fsp3) is 1.00. The van der Waals surface area contributed by atoms with Crippen molar-refractivity contribution in [3.05, 3.63) is 0 Å². The number of nitrogens with two attached hydrogens (primary N) is 2. The zero-order chi connectivity index (χ0) is 5.54. The first-order chi connectivity index (χ1) is 3.41. The summed E-state index contributed by atoms with van der Waals surface area (Å²) in [6.07, 6.45) is 0. The third kappa shape index (κ3) is 9.26. The predicted octanol–water partition coefficient (Wildman–Crippen LogP) is -1.35. The van der Waals surface area contributed by atoms with Crippen molar-refractivity contribution in [2.45, 2.75) is 0 Å². The van der Waals surface area contributed by atoms with Crippen LogP contribution < -0.4 is 16.8 Å². The van der Waals surface area contributed by atoms with E-state index in [1.807, 2.05) is 0 Å². The number of hydrogen-bond donors (Lipinski definition) is 3. The lowest BCUT2D eigenvalue weighted by Crippen LogP contribution is -2.27. The average Bonchev–Trinajstić information content (AvgIpc) is 1.69. The summed E-state index contributed by atoms with van der Waals surface area (Å²) in [6, 6.07) is 0. The molecule has 0 saturated heterocycles. The van der Waals surface area contributed by atoms with E-state index < -0.39 is 0 Å². The largest absolute Gasteiger partial charge is 0.329 e. The first-order valence-corrected chi connectivity index (χ1v) is 2.52. The van der Waals surface area contributed by atoms with Gasteiger partial charge < -0.3 is 16.8 Å². The molecule has 0 aromatic rings. The molecule has 0 aliphatic carbocycles. The lowest BCUT2D eigenvalue weighted by Gasteiger charge is -1.95. The van der Waals surface area contributed by atoms with Gasteiger partial charge in [-0.2, -0.15) is 0 Å². The summed E-state index contributed by atoms with van der Waals surface area (Å²) < 4.78 is 0. The molecule has 0 radical (unpaired) electrons. The van der Waals surface area contributed by atoms with Gasteiger partial charge in [0.15, 0.2) is 0 Å². The molecule has 0 aliphatic rings. The maximum Gasteiger partial charge on any atom is 0.00750 e. The minimum absolute atomic E-state index is 0. The smallest absolute Gasteiger partial charge is 0.00750 e. The SMILES string of the molecule is F.NCCNCCN. The lowest BCUT2D eigenvalue weighted by molar-refractivity contribution is 0.696. The standard InChI is InChI=1S/C4H13N3.FH/c5-1-3-7-4-2-6;/h7H,1-6H2;1H. The van der Waals surface area contributed by atoms with Crippen LogP contribution in [0.1, 0.15) is 0 Å². The van der Waals surface area contributed by atoms with Crippen LogP contribution in [0.4, 0.5) is 4.70 Å². The number of halogens is 1. The molecule has 0 unspecified atom stereocenters. The minimum atomic E-state index is 0. The van der Waals surface area contributed by atoms with Crippen LogP contribution in [0.5, 0.6) is 0 Å². The second-order valence-corrected chi connectivity index (χ2v) is 1.33. The Bertz CT molecular complexity index is 30.5. The van der Waals surface area contributed by atoms with Gasteiger partial charge in [0.1, 0.15) is 0 Å². The van der Waals surface area contributed by atoms with Gasteiger partial charge in [-0.3, -0.25) is 4.70 Å². The van der Waals surface area contributed by atoms with Crippen LogP contribution >= 0.6 is 0 Å². The second kappa shape index (κ2) is 9.94. The van der Waals surface area contributed by atoms with Gasteiger partial charge in [-0.1, -0.05) is 0 Å². The van der Waals surface area contributed by atoms with Crippen molar-refractivity contribution >= 4 is 0 Å². The third-order valence-corrected chi connectivity index (χ3v) is 0.642. The molecule has 3 nitrogen and oxygen atoms in total. The zero-order valence-corrected chi connectivity index (χ0v) is 4.89. The number of hydrogen-bond acceptors (Lipinski definition) is 3. The summed E-state index contributed by atoms with van der Waals surface area (Å²) in [6.45, 7) is 3.13. The van der Waals surface area contributed by atoms with E-state index in [1.54, 1.807) is 0 Å². The van der Waals surface area contributed by atoms with E-state index in [1.165, 1.54) is 0 Å². The molecule has 0 aromatic heterocycles. The molecule has 5 N–H and O–H groups in total. The highest BCUT2D eigenvalue weighted by molar-refractivity contribution is 4.45. The van der Waals surface area contributed by atoms with E-state index in [0.29, 0.717) is 13.1 Å². The van der Waals surface area contributed by atoms with Crippen molar-refractivity contribution in [3.63, 3.8) is 0 Å². The van der Waals surface area contributed by atoms with Gasteiger partial charge in [0.25, 0.3) is 0 Å². The monoisotopic (exact) mass is 123 g/mol. The Morgan fingerprint density at radius 1 is 1.00 bits per heavy atom. The van der Waals surface area contributed by atoms with E-state index in [2.05, 4.69) is 5.32 Å². The highest BCUT2D eigenvalue weighted by atomic mass is 19.0. The molecule has 0 spiro atoms. The quantitative estimate of drug-likeness (QED) is 0.405. The van der Waals surface area contributed by atoms with E-state index >= 15 is 0 Å². The van der Waals surface area contributed by atoms with Crippen molar-refractivity contribution in [3.8, 4) is 0 Å². The maximum absolute atomic E-state index is 5.17. The van der Waals surface area contributed by atoms with E-state index in [0.717, 1.165) is 13.1 Å². The Morgan fingerprint density at radius 2 is 1.38 bits per heavy atom. The van der Waals surface area contributed by atoms with E-state index in [-0.39, 0.29) is 4.70 Å². The first kappa shape index (κ1) is 10.7. The Labute approximate surface area is 48.8 Å². The second-order valence-electron chi connectivity index (χ2n) is 1.33. The summed E-state index contributed by atoms with van der Waals surface area (Å²) in [5, 5.41) is 3.03. The normalized spacial score (nSPS) is 8.25. The van der Waals surface area contributed by atoms with Crippen LogP contribution in [0.25, 0.3) is 0 Å². The van der Waals surface area contributed by atoms with Crippen molar-refractivity contribution in [2.75, 3.05) is 26.2 Å². The fourth-order valence-electron chi connectivity index (χ4n) is 0.329. The molecule has 0 aromatic carbocycles. The summed E-state index contributed by atoms with van der Waals surface area (Å²) in [5.74, 6) is 0. The molecule has 52 valence electrons. The Kier molecular flexibility index (Phi) is 13.3. The lowest BCUT2D eigenvalue weighted by atomic mass is 10.6. The molecular weight excluding hydrogens is 109 g/mol. The molecule has 0 atom stereocenters. The molecule has 4 heteroatoms. The van der Waals surface area contributed by atoms with Gasteiger partial charge in [-0.15, -0.1) is 0 Å². The van der Waals surface area contributed by atoms with Crippen LogP contribution in [0.2, 0.25) is 0 Å². The van der Waals surface area contributed by atoms with Gasteiger partial charge in [-0.05, 0) is 0 Å². The molecule has 0 rings (SSSR count). The third-order valence-electron chi connectivity index (χ3n) is 0.642. The Balaban J connectivity index is 0. The molecule has 0 saturated carbocycles. The van der Waals surface area contributed by atoms with Gasteiger partial charge in [-0.25, -0.2) is 0 Å². The zero-order valence-electron chi connectivity index (χ0n) is 4.89. The maximum atomic E-state index is 5.17. The number of rotatable bonds is 4. The summed E-state index contributed by atoms with van der Waals surface area (Å²) in [5.41, 5.74) is 10.3. The van der Waals surface area contributed by atoms with Crippen LogP contribution in [-0.4, -0.2) is 26.2 Å². The molecule has 0 amide bonds. The van der Waals surface area contributed by atoms with Gasteiger partial charge >= 0.3 is 0 Å². The van der Waals surface area contributed by atoms with Gasteiger partial charge in [0.05, 0.1) is 0 Å². The van der Waals surface area contributed by atoms with Gasteiger partial charge in [0, 0.05) is 26.2 Å². The van der Waals surface area contributed by atoms with Crippen LogP contribution in [0.15, 0.2) is 0 Å². The fourth-order valence-corrected chi connectivity index (χ4v) is 0.329. The first-order valence-electron chi connectivity index (χ1n) is 2.52. The van der Waals surface area contributed by atoms with E-state index in [4.69, 9.17) is 11.5 Å². The minimum Gasteiger partial charge on any atom is -0.329 e. The molecule has 0 aliphatic heterocycles. The van der Waals surface area contributed by atoms with Crippen molar-refractivity contribution < 1.29 is 4.70 Å². The highest BCUT2D eigenvalue weighted by Crippen LogP contribution is 1.49. The molecule has 0 fully saturated rings. The van der Waals surface area contributed by atoms with Crippen molar-refractivity contribution in [1.29, 1.82) is 0 Å². The summed E-state index contributed by atoms with van der Waals surface area (Å²) in [7, 11) is 0. The molecule has 8 heavy (non-hydrogen) atoms. The van der Waals surface area contributed by atoms with Crippen LogP contribution in [-0.2, 0) is 0 Å². The summed E-state index contributed by atoms with van der Waals surface area (Å²) in [4.78, 5) is 0. The van der Waals surface area contributed by atoms with Crippen molar-refractivity contribution in [1.82, 2.24) is 5.32 Å². The Hall–Kier alpha value is -0.190. The molecule has 0 heterocycles. The average molecular weight is 123 g/mol. The van der Waals surface area contributed by atoms with E-state index in [9.17, 15) is 0 Å². The summed E-state index contributed by atoms with van der Waals surface area (Å²) >= 11 is 0. The number of nitrogens with one attached hydrogen (secondary N) is 1. The Morgan fingerprint density at radius 3 is 1.62 bits per heavy atom. The van der Waals surface area contributed by atoms with Gasteiger partial charge in [0.2, 0.25) is 0 Å². The topological polar surface area (TPSA) is 64.1 Å². The van der Waals surface area contributed by atoms with Crippen LogP contribution in [0, 0.1) is 0 Å². The highest BCUT2D eigenvalue weighted by Gasteiger charge is 1.76.